The number of para-hydroxylation sites is 1. The normalized spacial score (nSPS) is 14.4. The number of rotatable bonds is 2. The molecule has 9 heteroatoms. The van der Waals surface area contributed by atoms with Gasteiger partial charge in [0.2, 0.25) is 0 Å². The molecule has 1 aliphatic heterocycles. The number of hydrogen-bond acceptors (Lipinski definition) is 3. The zero-order valence-electron chi connectivity index (χ0n) is 12.2. The summed E-state index contributed by atoms with van der Waals surface area (Å²) in [4.78, 5) is 23.4. The Morgan fingerprint density at radius 1 is 1.17 bits per heavy atom. The molecule has 1 amide bonds. The van der Waals surface area contributed by atoms with Crippen LogP contribution in [0.25, 0.3) is 5.69 Å². The Bertz CT molecular complexity index is 800. The summed E-state index contributed by atoms with van der Waals surface area (Å²) in [6, 6.07) is 8.69. The Kier molecular flexibility index (Phi) is 3.78. The van der Waals surface area contributed by atoms with E-state index in [-0.39, 0.29) is 24.2 Å². The summed E-state index contributed by atoms with van der Waals surface area (Å²) >= 11 is 0. The number of alkyl halides is 3. The SMILES string of the molecule is O=C(O)c1nn(-c2ccccc2)c2c1CN(C(=O)C(F)(F)F)CC2. The van der Waals surface area contributed by atoms with E-state index in [4.69, 9.17) is 0 Å². The van der Waals surface area contributed by atoms with Crippen molar-refractivity contribution >= 4 is 11.9 Å². The number of hydrogen-bond donors (Lipinski definition) is 1. The van der Waals surface area contributed by atoms with Crippen molar-refractivity contribution in [2.24, 2.45) is 0 Å². The number of halogens is 3. The van der Waals surface area contributed by atoms with Gasteiger partial charge < -0.3 is 10.0 Å². The Morgan fingerprint density at radius 3 is 2.42 bits per heavy atom. The van der Waals surface area contributed by atoms with Gasteiger partial charge in [-0.05, 0) is 12.1 Å². The molecule has 0 aliphatic carbocycles. The van der Waals surface area contributed by atoms with Crippen molar-refractivity contribution in [3.63, 3.8) is 0 Å². The smallest absolute Gasteiger partial charge is 0.471 e. The van der Waals surface area contributed by atoms with Gasteiger partial charge in [0.1, 0.15) is 0 Å². The van der Waals surface area contributed by atoms with E-state index in [2.05, 4.69) is 5.10 Å². The lowest BCUT2D eigenvalue weighted by Gasteiger charge is -2.28. The van der Waals surface area contributed by atoms with E-state index in [0.717, 1.165) is 0 Å². The topological polar surface area (TPSA) is 75.4 Å². The maximum atomic E-state index is 12.6. The zero-order chi connectivity index (χ0) is 17.5. The molecule has 24 heavy (non-hydrogen) atoms. The highest BCUT2D eigenvalue weighted by molar-refractivity contribution is 5.88. The summed E-state index contributed by atoms with van der Waals surface area (Å²) in [5, 5.41) is 13.3. The number of carboxylic acids is 1. The van der Waals surface area contributed by atoms with Gasteiger partial charge >= 0.3 is 18.1 Å². The van der Waals surface area contributed by atoms with E-state index in [1.54, 1.807) is 30.3 Å². The number of carbonyl (C=O) groups excluding carboxylic acids is 1. The number of aromatic carboxylic acids is 1. The van der Waals surface area contributed by atoms with Crippen LogP contribution in [-0.4, -0.2) is 44.4 Å². The van der Waals surface area contributed by atoms with Crippen LogP contribution in [0.3, 0.4) is 0 Å². The first-order valence-electron chi connectivity index (χ1n) is 7.04. The molecule has 3 rings (SSSR count). The lowest BCUT2D eigenvalue weighted by atomic mass is 10.0. The summed E-state index contributed by atoms with van der Waals surface area (Å²) < 4.78 is 39.2. The van der Waals surface area contributed by atoms with E-state index in [1.165, 1.54) is 4.68 Å². The van der Waals surface area contributed by atoms with Crippen LogP contribution in [0.2, 0.25) is 0 Å². The number of aromatic nitrogens is 2. The molecule has 0 fully saturated rings. The molecule has 0 spiro atoms. The third kappa shape index (κ3) is 2.72. The first kappa shape index (κ1) is 16.0. The molecule has 0 radical (unpaired) electrons. The number of amides is 1. The fourth-order valence-corrected chi connectivity index (χ4v) is 2.73. The van der Waals surface area contributed by atoms with Gasteiger partial charge in [-0.3, -0.25) is 4.79 Å². The third-order valence-corrected chi connectivity index (χ3v) is 3.79. The molecule has 0 saturated carbocycles. The van der Waals surface area contributed by atoms with Crippen LogP contribution in [0.15, 0.2) is 30.3 Å². The van der Waals surface area contributed by atoms with Gasteiger partial charge in [0.05, 0.1) is 17.9 Å². The minimum atomic E-state index is -4.99. The Labute approximate surface area is 134 Å². The van der Waals surface area contributed by atoms with Crippen LogP contribution in [-0.2, 0) is 17.8 Å². The average molecular weight is 339 g/mol. The highest BCUT2D eigenvalue weighted by Crippen LogP contribution is 2.28. The Morgan fingerprint density at radius 2 is 1.83 bits per heavy atom. The van der Waals surface area contributed by atoms with Crippen LogP contribution < -0.4 is 0 Å². The molecule has 2 aromatic rings. The van der Waals surface area contributed by atoms with E-state index >= 15 is 0 Å². The molecule has 0 atom stereocenters. The largest absolute Gasteiger partial charge is 0.476 e. The highest BCUT2D eigenvalue weighted by Gasteiger charge is 2.44. The first-order valence-corrected chi connectivity index (χ1v) is 7.04. The van der Waals surface area contributed by atoms with Gasteiger partial charge in [-0.1, -0.05) is 18.2 Å². The van der Waals surface area contributed by atoms with Crippen LogP contribution in [0.5, 0.6) is 0 Å². The van der Waals surface area contributed by atoms with Crippen molar-refractivity contribution in [3.05, 3.63) is 47.3 Å². The standard InChI is InChI=1S/C15H12F3N3O3/c16-15(17,18)14(24)20-7-6-11-10(8-20)12(13(22)23)19-21(11)9-4-2-1-3-5-9/h1-5H,6-8H2,(H,22,23). The third-order valence-electron chi connectivity index (χ3n) is 3.79. The predicted octanol–water partition coefficient (Wildman–Crippen LogP) is 2.02. The maximum Gasteiger partial charge on any atom is 0.471 e. The summed E-state index contributed by atoms with van der Waals surface area (Å²) in [5.41, 5.74) is 0.908. The summed E-state index contributed by atoms with van der Waals surface area (Å²) in [6.45, 7) is -0.578. The van der Waals surface area contributed by atoms with Gasteiger partial charge in [-0.15, -0.1) is 0 Å². The number of fused-ring (bicyclic) bond motifs is 1. The molecule has 1 aromatic carbocycles. The minimum absolute atomic E-state index is 0.0896. The fourth-order valence-electron chi connectivity index (χ4n) is 2.73. The molecule has 126 valence electrons. The van der Waals surface area contributed by atoms with Crippen LogP contribution in [0.1, 0.15) is 21.7 Å². The molecule has 0 bridgehead atoms. The van der Waals surface area contributed by atoms with Crippen LogP contribution in [0.4, 0.5) is 13.2 Å². The van der Waals surface area contributed by atoms with Crippen molar-refractivity contribution in [1.29, 1.82) is 0 Å². The molecule has 0 saturated heterocycles. The summed E-state index contributed by atoms with van der Waals surface area (Å²) in [5.74, 6) is -3.32. The van der Waals surface area contributed by atoms with Crippen LogP contribution >= 0.6 is 0 Å². The van der Waals surface area contributed by atoms with Crippen molar-refractivity contribution in [3.8, 4) is 5.69 Å². The second-order valence-corrected chi connectivity index (χ2v) is 5.30. The zero-order valence-corrected chi connectivity index (χ0v) is 12.2. The highest BCUT2D eigenvalue weighted by atomic mass is 19.4. The Hall–Kier alpha value is -2.84. The van der Waals surface area contributed by atoms with E-state index in [1.807, 2.05) is 0 Å². The number of nitrogens with zero attached hydrogens (tertiary/aromatic N) is 3. The summed E-state index contributed by atoms with van der Waals surface area (Å²) in [7, 11) is 0. The van der Waals surface area contributed by atoms with Gasteiger partial charge in [-0.2, -0.15) is 18.3 Å². The lowest BCUT2D eigenvalue weighted by molar-refractivity contribution is -0.186. The second-order valence-electron chi connectivity index (χ2n) is 5.30. The number of carboxylic acid groups (broad SMARTS) is 1. The number of benzene rings is 1. The lowest BCUT2D eigenvalue weighted by Crippen LogP contribution is -2.44. The Balaban J connectivity index is 2.04. The maximum absolute atomic E-state index is 12.6. The van der Waals surface area contributed by atoms with Crippen molar-refractivity contribution in [2.75, 3.05) is 6.54 Å². The quantitative estimate of drug-likeness (QED) is 0.908. The van der Waals surface area contributed by atoms with E-state index in [0.29, 0.717) is 16.3 Å². The van der Waals surface area contributed by atoms with Crippen molar-refractivity contribution in [2.45, 2.75) is 19.1 Å². The average Bonchev–Trinajstić information content (AvgIpc) is 2.93. The van der Waals surface area contributed by atoms with Crippen LogP contribution in [0, 0.1) is 0 Å². The van der Waals surface area contributed by atoms with Gasteiger partial charge in [0.15, 0.2) is 5.69 Å². The number of carbonyl (C=O) groups is 2. The van der Waals surface area contributed by atoms with Gasteiger partial charge in [0.25, 0.3) is 0 Å². The molecule has 1 aromatic heterocycles. The van der Waals surface area contributed by atoms with Crippen molar-refractivity contribution in [1.82, 2.24) is 14.7 Å². The molecule has 1 N–H and O–H groups in total. The van der Waals surface area contributed by atoms with Gasteiger partial charge in [-0.25, -0.2) is 9.48 Å². The molecule has 2 heterocycles. The fraction of sp³-hybridized carbons (Fsp3) is 0.267. The van der Waals surface area contributed by atoms with Gasteiger partial charge in [0, 0.05) is 18.5 Å². The monoisotopic (exact) mass is 339 g/mol. The summed E-state index contributed by atoms with van der Waals surface area (Å²) in [6.07, 6.45) is -4.90. The molecule has 0 unspecified atom stereocenters. The predicted molar refractivity (Wildman–Crippen MR) is 75.7 cm³/mol. The van der Waals surface area contributed by atoms with E-state index < -0.39 is 24.6 Å². The second kappa shape index (κ2) is 5.66. The minimum Gasteiger partial charge on any atom is -0.476 e. The molecule has 1 aliphatic rings. The molecular weight excluding hydrogens is 327 g/mol. The van der Waals surface area contributed by atoms with Crippen molar-refractivity contribution < 1.29 is 27.9 Å². The first-order chi connectivity index (χ1) is 11.3. The molecular formula is C15H12F3N3O3. The van der Waals surface area contributed by atoms with E-state index in [9.17, 15) is 27.9 Å². The molecule has 6 nitrogen and oxygen atoms in total.